The maximum Gasteiger partial charge on any atom is 0.228 e. The quantitative estimate of drug-likeness (QED) is 0.416. The Hall–Kier alpha value is -3.18. The van der Waals surface area contributed by atoms with E-state index in [0.29, 0.717) is 18.3 Å². The number of H-pyrrole nitrogens is 1. The molecule has 0 spiro atoms. The van der Waals surface area contributed by atoms with E-state index >= 15 is 0 Å². The lowest BCUT2D eigenvalue weighted by Crippen LogP contribution is -2.50. The zero-order chi connectivity index (χ0) is 25.3. The fourth-order valence-corrected chi connectivity index (χ4v) is 6.71. The molecule has 0 aliphatic heterocycles. The van der Waals surface area contributed by atoms with E-state index in [1.807, 2.05) is 12.3 Å². The molecule has 3 heterocycles. The Morgan fingerprint density at radius 1 is 1.36 bits per heavy atom. The smallest absolute Gasteiger partial charge is 0.228 e. The molecule has 2 aliphatic rings. The number of nitriles is 1. The number of amides is 1. The van der Waals surface area contributed by atoms with E-state index < -0.39 is 0 Å². The third-order valence-corrected chi connectivity index (χ3v) is 8.12. The number of aliphatic hydroxyl groups is 1. The van der Waals surface area contributed by atoms with E-state index in [9.17, 15) is 9.90 Å². The molecule has 1 amide bonds. The minimum Gasteiger partial charge on any atom is -0.396 e. The zero-order valence-electron chi connectivity index (χ0n) is 21.1. The second-order valence-corrected chi connectivity index (χ2v) is 11.2. The number of nitrogens with one attached hydrogen (secondary N) is 2. The average Bonchev–Trinajstić information content (AvgIpc) is 3.43. The van der Waals surface area contributed by atoms with Crippen molar-refractivity contribution in [3.05, 3.63) is 36.4 Å². The van der Waals surface area contributed by atoms with Gasteiger partial charge in [-0.25, -0.2) is 9.97 Å². The lowest BCUT2D eigenvalue weighted by molar-refractivity contribution is -0.122. The number of imidazole rings is 1. The number of carbonyl (C=O) groups is 1. The number of hydrogen-bond donors (Lipinski definition) is 3. The minimum atomic E-state index is -0.367. The Morgan fingerprint density at radius 3 is 2.92 bits per heavy atom. The third kappa shape index (κ3) is 4.90. The van der Waals surface area contributed by atoms with Gasteiger partial charge in [0.1, 0.15) is 17.0 Å². The maximum atomic E-state index is 13.4. The molecule has 2 atom stereocenters. The molecule has 0 radical (unpaired) electrons. The molecule has 3 N–H and O–H groups in total. The summed E-state index contributed by atoms with van der Waals surface area (Å²) in [6, 6.07) is 4.60. The summed E-state index contributed by atoms with van der Waals surface area (Å²) in [6.45, 7) is 6.45. The highest BCUT2D eigenvalue weighted by atomic mass is 16.3. The molecular weight excluding hydrogens is 452 g/mol. The van der Waals surface area contributed by atoms with Gasteiger partial charge < -0.3 is 20.0 Å². The molecule has 2 saturated carbocycles. The van der Waals surface area contributed by atoms with Gasteiger partial charge in [-0.15, -0.1) is 0 Å². The van der Waals surface area contributed by atoms with E-state index in [2.05, 4.69) is 39.4 Å². The van der Waals surface area contributed by atoms with Gasteiger partial charge >= 0.3 is 0 Å². The number of hydrogen-bond acceptors (Lipinski definition) is 5. The second kappa shape index (κ2) is 10.1. The normalized spacial score (nSPS) is 26.8. The van der Waals surface area contributed by atoms with Crippen molar-refractivity contribution in [1.29, 1.82) is 5.26 Å². The van der Waals surface area contributed by atoms with E-state index in [1.165, 1.54) is 0 Å². The van der Waals surface area contributed by atoms with Crippen molar-refractivity contribution in [2.24, 2.45) is 11.8 Å². The fraction of sp³-hybridized carbons (Fsp3) is 0.571. The molecule has 5 rings (SSSR count). The zero-order valence-corrected chi connectivity index (χ0v) is 21.1. The highest BCUT2D eigenvalue weighted by Gasteiger charge is 2.35. The number of pyridine rings is 1. The van der Waals surface area contributed by atoms with E-state index in [-0.39, 0.29) is 30.5 Å². The summed E-state index contributed by atoms with van der Waals surface area (Å²) in [6.07, 6.45) is 11.7. The van der Waals surface area contributed by atoms with Crippen LogP contribution in [0, 0.1) is 23.2 Å². The molecule has 190 valence electrons. The van der Waals surface area contributed by atoms with Crippen LogP contribution in [0.2, 0.25) is 0 Å². The lowest BCUT2D eigenvalue weighted by atomic mass is 9.73. The molecule has 3 aromatic heterocycles. The summed E-state index contributed by atoms with van der Waals surface area (Å²) in [5, 5.41) is 22.9. The number of rotatable bonds is 7. The molecule has 8 nitrogen and oxygen atoms in total. The Kier molecular flexibility index (Phi) is 6.85. The first-order valence-corrected chi connectivity index (χ1v) is 13.2. The Bertz CT molecular complexity index is 1310. The monoisotopic (exact) mass is 488 g/mol. The Balaban J connectivity index is 1.43. The van der Waals surface area contributed by atoms with E-state index in [1.54, 1.807) is 6.20 Å². The number of aliphatic hydroxyl groups excluding tert-OH is 1. The van der Waals surface area contributed by atoms with Crippen molar-refractivity contribution >= 4 is 28.0 Å². The van der Waals surface area contributed by atoms with Crippen LogP contribution >= 0.6 is 0 Å². The fourth-order valence-electron chi connectivity index (χ4n) is 6.71. The van der Waals surface area contributed by atoms with Crippen molar-refractivity contribution in [3.63, 3.8) is 0 Å². The van der Waals surface area contributed by atoms with Gasteiger partial charge in [-0.2, -0.15) is 5.26 Å². The van der Waals surface area contributed by atoms with Gasteiger partial charge in [-0.05, 0) is 76.2 Å². The second-order valence-electron chi connectivity index (χ2n) is 11.2. The molecule has 0 bridgehead atoms. The van der Waals surface area contributed by atoms with Crippen molar-refractivity contribution in [2.45, 2.75) is 82.7 Å². The summed E-state index contributed by atoms with van der Waals surface area (Å²) in [5.74, 6) is 1.52. The molecule has 0 saturated heterocycles. The Morgan fingerprint density at radius 2 is 2.17 bits per heavy atom. The average molecular weight is 489 g/mol. The number of aromatic amines is 1. The van der Waals surface area contributed by atoms with E-state index in [0.717, 1.165) is 84.8 Å². The summed E-state index contributed by atoms with van der Waals surface area (Å²) in [4.78, 5) is 26.1. The summed E-state index contributed by atoms with van der Waals surface area (Å²) < 4.78 is 2.28. The largest absolute Gasteiger partial charge is 0.396 e. The molecule has 2 fully saturated rings. The van der Waals surface area contributed by atoms with Crippen LogP contribution in [0.3, 0.4) is 0 Å². The molecule has 36 heavy (non-hydrogen) atoms. The third-order valence-electron chi connectivity index (χ3n) is 8.12. The number of nitrogens with zero attached hydrogens (tertiary/aromatic N) is 4. The number of aromatic nitrogens is 4. The molecule has 3 aromatic rings. The summed E-state index contributed by atoms with van der Waals surface area (Å²) in [5.41, 5.74) is 3.43. The van der Waals surface area contributed by atoms with Crippen LogP contribution in [0.1, 0.15) is 76.6 Å². The van der Waals surface area contributed by atoms with Crippen LogP contribution in [0.15, 0.2) is 30.6 Å². The van der Waals surface area contributed by atoms with Crippen molar-refractivity contribution in [3.8, 4) is 6.07 Å². The highest BCUT2D eigenvalue weighted by Crippen LogP contribution is 2.39. The van der Waals surface area contributed by atoms with Crippen LogP contribution < -0.4 is 5.32 Å². The summed E-state index contributed by atoms with van der Waals surface area (Å²) >= 11 is 0. The highest BCUT2D eigenvalue weighted by molar-refractivity contribution is 6.01. The van der Waals surface area contributed by atoms with Gasteiger partial charge in [0.25, 0.3) is 0 Å². The standard InChI is InChI=1S/C28H36N6O2/c1-18-13-20(9-12-35)16-28(2,15-18)33-25(36)14-24-32-23-17-31-27-22(8-11-30-27)26(23)34(24)21-5-3-19(4-6-21)7-10-29/h8,11,17,19-21,35H,1,3-7,9,12-16H2,2H3,(H,30,31)(H,33,36). The van der Waals surface area contributed by atoms with Crippen molar-refractivity contribution in [1.82, 2.24) is 24.8 Å². The van der Waals surface area contributed by atoms with Crippen LogP contribution in [0.25, 0.3) is 22.1 Å². The first kappa shape index (κ1) is 24.5. The van der Waals surface area contributed by atoms with Crippen LogP contribution in [-0.2, 0) is 11.2 Å². The predicted octanol–water partition coefficient (Wildman–Crippen LogP) is 4.71. The van der Waals surface area contributed by atoms with E-state index in [4.69, 9.17) is 10.2 Å². The van der Waals surface area contributed by atoms with Crippen molar-refractivity contribution in [2.75, 3.05) is 6.61 Å². The van der Waals surface area contributed by atoms with Crippen LogP contribution in [0.5, 0.6) is 0 Å². The molecule has 2 aliphatic carbocycles. The number of fused-ring (bicyclic) bond motifs is 3. The maximum absolute atomic E-state index is 13.4. The minimum absolute atomic E-state index is 0.0389. The topological polar surface area (TPSA) is 120 Å². The Labute approximate surface area is 211 Å². The van der Waals surface area contributed by atoms with Crippen molar-refractivity contribution < 1.29 is 9.90 Å². The van der Waals surface area contributed by atoms with Crippen LogP contribution in [-0.4, -0.2) is 42.7 Å². The summed E-state index contributed by atoms with van der Waals surface area (Å²) in [7, 11) is 0. The molecule has 0 aromatic carbocycles. The first-order chi connectivity index (χ1) is 17.4. The predicted molar refractivity (Wildman–Crippen MR) is 139 cm³/mol. The molecular formula is C28H36N6O2. The van der Waals surface area contributed by atoms with Crippen LogP contribution in [0.4, 0.5) is 0 Å². The van der Waals surface area contributed by atoms with Gasteiger partial charge in [-0.1, -0.05) is 12.2 Å². The molecule has 8 heteroatoms. The molecule has 2 unspecified atom stereocenters. The SMILES string of the molecule is C=C1CC(CCO)CC(C)(NC(=O)Cc2nc3cnc4[nH]ccc4c3n2C2CCC(CC#N)CC2)C1. The first-order valence-electron chi connectivity index (χ1n) is 13.2. The number of carbonyl (C=O) groups excluding carboxylic acids is 1. The van der Waals surface area contributed by atoms with Gasteiger partial charge in [-0.3, -0.25) is 4.79 Å². The lowest BCUT2D eigenvalue weighted by Gasteiger charge is -2.40. The van der Waals surface area contributed by atoms with Gasteiger partial charge in [0.15, 0.2) is 0 Å². The van der Waals surface area contributed by atoms with Gasteiger partial charge in [0.2, 0.25) is 5.91 Å². The van der Waals surface area contributed by atoms with Gasteiger partial charge in [0.05, 0.1) is 24.2 Å². The van der Waals surface area contributed by atoms with Gasteiger partial charge in [0, 0.05) is 36.2 Å².